The van der Waals surface area contributed by atoms with Gasteiger partial charge in [-0.05, 0) is 31.9 Å². The Kier molecular flexibility index (Phi) is 3.93. The van der Waals surface area contributed by atoms with Crippen LogP contribution in [0.2, 0.25) is 0 Å². The average molecular weight is 366 g/mol. The van der Waals surface area contributed by atoms with E-state index in [9.17, 15) is 4.79 Å². The number of imidazole rings is 1. The second-order valence-electron chi connectivity index (χ2n) is 7.19. The largest absolute Gasteiger partial charge is 0.370 e. The topological polar surface area (TPSA) is 77.6 Å². The molecule has 2 aliphatic rings. The molecule has 0 N–H and O–H groups in total. The van der Waals surface area contributed by atoms with Gasteiger partial charge in [-0.3, -0.25) is 4.79 Å². The molecule has 5 heterocycles. The highest BCUT2D eigenvalue weighted by Crippen LogP contribution is 2.28. The van der Waals surface area contributed by atoms with Crippen molar-refractivity contribution in [3.05, 3.63) is 47.4 Å². The summed E-state index contributed by atoms with van der Waals surface area (Å²) in [7, 11) is 0. The van der Waals surface area contributed by atoms with E-state index in [-0.39, 0.29) is 12.0 Å². The van der Waals surface area contributed by atoms with Crippen LogP contribution in [-0.2, 0) is 17.7 Å². The van der Waals surface area contributed by atoms with Crippen LogP contribution in [0.3, 0.4) is 0 Å². The fourth-order valence-corrected chi connectivity index (χ4v) is 3.98. The number of fused-ring (bicyclic) bond motifs is 2. The van der Waals surface area contributed by atoms with E-state index in [1.165, 1.54) is 0 Å². The third-order valence-corrected chi connectivity index (χ3v) is 5.47. The van der Waals surface area contributed by atoms with Crippen molar-refractivity contribution in [1.29, 1.82) is 0 Å². The van der Waals surface area contributed by atoms with Crippen molar-refractivity contribution in [2.24, 2.45) is 0 Å². The van der Waals surface area contributed by atoms with Crippen LogP contribution in [0.15, 0.2) is 24.4 Å². The molecule has 8 heteroatoms. The van der Waals surface area contributed by atoms with E-state index in [0.29, 0.717) is 31.7 Å². The maximum absolute atomic E-state index is 13.0. The minimum absolute atomic E-state index is 0.0320. The van der Waals surface area contributed by atoms with Crippen LogP contribution in [0, 0.1) is 6.92 Å². The van der Waals surface area contributed by atoms with E-state index in [1.54, 1.807) is 0 Å². The Morgan fingerprint density at radius 3 is 2.96 bits per heavy atom. The summed E-state index contributed by atoms with van der Waals surface area (Å²) in [6.07, 6.45) is 4.61. The molecule has 3 aromatic rings. The predicted octanol–water partition coefficient (Wildman–Crippen LogP) is 1.78. The van der Waals surface area contributed by atoms with Gasteiger partial charge in [-0.2, -0.15) is 0 Å². The second kappa shape index (κ2) is 6.45. The first kappa shape index (κ1) is 16.4. The molecule has 2 aliphatic heterocycles. The van der Waals surface area contributed by atoms with E-state index >= 15 is 0 Å². The zero-order valence-corrected chi connectivity index (χ0v) is 15.3. The molecule has 3 aromatic heterocycles. The summed E-state index contributed by atoms with van der Waals surface area (Å²) in [5, 5.41) is 8.71. The number of rotatable bonds is 2. The highest BCUT2D eigenvalue weighted by molar-refractivity contribution is 5.93. The van der Waals surface area contributed by atoms with Crippen LogP contribution < -0.4 is 0 Å². The molecule has 0 aromatic carbocycles. The standard InChI is InChI=1S/C19H22N6O2/c1-13-4-2-6-16-20-14(12-25(13)16)19(26)23-8-7-17-21-22-18(24(17)10-9-23)15-5-3-11-27-15/h2,4,6,12,15H,3,5,7-11H2,1H3/t15-/m0/s1. The smallest absolute Gasteiger partial charge is 0.274 e. The first-order valence-corrected chi connectivity index (χ1v) is 9.48. The van der Waals surface area contributed by atoms with E-state index in [0.717, 1.165) is 42.4 Å². The lowest BCUT2D eigenvalue weighted by molar-refractivity contribution is 0.0750. The Bertz CT molecular complexity index is 1000. The Morgan fingerprint density at radius 2 is 2.15 bits per heavy atom. The van der Waals surface area contributed by atoms with Crippen LogP contribution in [-0.4, -0.2) is 54.7 Å². The van der Waals surface area contributed by atoms with Crippen LogP contribution in [0.4, 0.5) is 0 Å². The molecule has 0 unspecified atom stereocenters. The lowest BCUT2D eigenvalue weighted by atomic mass is 10.2. The van der Waals surface area contributed by atoms with Gasteiger partial charge in [0.05, 0.1) is 0 Å². The highest BCUT2D eigenvalue weighted by atomic mass is 16.5. The van der Waals surface area contributed by atoms with Crippen LogP contribution >= 0.6 is 0 Å². The molecule has 1 amide bonds. The lowest BCUT2D eigenvalue weighted by Crippen LogP contribution is -2.34. The average Bonchev–Trinajstić information content (AvgIpc) is 3.38. The molecule has 5 rings (SSSR count). The Labute approximate surface area is 156 Å². The normalized spacial score (nSPS) is 20.0. The number of hydrogen-bond acceptors (Lipinski definition) is 5. The molecule has 0 aliphatic carbocycles. The van der Waals surface area contributed by atoms with Gasteiger partial charge in [0.15, 0.2) is 5.82 Å². The van der Waals surface area contributed by atoms with E-state index in [4.69, 9.17) is 4.74 Å². The maximum Gasteiger partial charge on any atom is 0.274 e. The molecule has 8 nitrogen and oxygen atoms in total. The van der Waals surface area contributed by atoms with Gasteiger partial charge in [-0.15, -0.1) is 10.2 Å². The van der Waals surface area contributed by atoms with Gasteiger partial charge in [0.1, 0.15) is 23.3 Å². The third-order valence-electron chi connectivity index (χ3n) is 5.47. The highest BCUT2D eigenvalue weighted by Gasteiger charge is 2.28. The van der Waals surface area contributed by atoms with Gasteiger partial charge in [0, 0.05) is 44.6 Å². The summed E-state index contributed by atoms with van der Waals surface area (Å²) in [6.45, 7) is 4.72. The fraction of sp³-hybridized carbons (Fsp3) is 0.474. The van der Waals surface area contributed by atoms with Crippen molar-refractivity contribution < 1.29 is 9.53 Å². The summed E-state index contributed by atoms with van der Waals surface area (Å²) in [4.78, 5) is 19.4. The molecule has 1 saturated heterocycles. The molecule has 1 fully saturated rings. The van der Waals surface area contributed by atoms with Crippen molar-refractivity contribution in [2.45, 2.75) is 38.8 Å². The van der Waals surface area contributed by atoms with Crippen molar-refractivity contribution in [2.75, 3.05) is 19.7 Å². The van der Waals surface area contributed by atoms with Crippen molar-refractivity contribution in [3.8, 4) is 0 Å². The number of aryl methyl sites for hydroxylation is 1. The van der Waals surface area contributed by atoms with Gasteiger partial charge >= 0.3 is 0 Å². The van der Waals surface area contributed by atoms with Gasteiger partial charge in [0.2, 0.25) is 0 Å². The SMILES string of the molecule is Cc1cccc2nc(C(=O)N3CCc4nnc([C@@H]5CCCO5)n4CC3)cn12. The van der Waals surface area contributed by atoms with E-state index in [2.05, 4.69) is 19.7 Å². The van der Waals surface area contributed by atoms with Gasteiger partial charge < -0.3 is 18.6 Å². The van der Waals surface area contributed by atoms with Crippen LogP contribution in [0.1, 0.15) is 46.8 Å². The van der Waals surface area contributed by atoms with Gasteiger partial charge in [0.25, 0.3) is 5.91 Å². The summed E-state index contributed by atoms with van der Waals surface area (Å²) in [5.41, 5.74) is 2.34. The van der Waals surface area contributed by atoms with Crippen LogP contribution in [0.25, 0.3) is 5.65 Å². The molecule has 27 heavy (non-hydrogen) atoms. The number of nitrogens with zero attached hydrogens (tertiary/aromatic N) is 6. The Morgan fingerprint density at radius 1 is 1.22 bits per heavy atom. The third kappa shape index (κ3) is 2.80. The molecule has 0 bridgehead atoms. The van der Waals surface area contributed by atoms with Crippen molar-refractivity contribution in [1.82, 2.24) is 29.0 Å². The summed E-state index contributed by atoms with van der Waals surface area (Å²) in [5.74, 6) is 1.80. The van der Waals surface area contributed by atoms with E-state index in [1.807, 2.05) is 40.6 Å². The first-order chi connectivity index (χ1) is 13.2. The number of ether oxygens (including phenoxy) is 1. The number of pyridine rings is 1. The monoisotopic (exact) mass is 366 g/mol. The number of hydrogen-bond donors (Lipinski definition) is 0. The summed E-state index contributed by atoms with van der Waals surface area (Å²) in [6, 6.07) is 5.88. The number of aromatic nitrogens is 5. The van der Waals surface area contributed by atoms with Crippen LogP contribution in [0.5, 0.6) is 0 Å². The molecule has 0 radical (unpaired) electrons. The Hall–Kier alpha value is -2.74. The van der Waals surface area contributed by atoms with Gasteiger partial charge in [-0.1, -0.05) is 6.07 Å². The molecule has 140 valence electrons. The number of carbonyl (C=O) groups is 1. The summed E-state index contributed by atoms with van der Waals surface area (Å²) < 4.78 is 9.87. The molecule has 0 saturated carbocycles. The van der Waals surface area contributed by atoms with Crippen molar-refractivity contribution in [3.63, 3.8) is 0 Å². The molecular formula is C19H22N6O2. The number of carbonyl (C=O) groups excluding carboxylic acids is 1. The van der Waals surface area contributed by atoms with Crippen molar-refractivity contribution >= 4 is 11.6 Å². The van der Waals surface area contributed by atoms with E-state index < -0.39 is 0 Å². The summed E-state index contributed by atoms with van der Waals surface area (Å²) >= 11 is 0. The van der Waals surface area contributed by atoms with Gasteiger partial charge in [-0.25, -0.2) is 4.98 Å². The second-order valence-corrected chi connectivity index (χ2v) is 7.19. The molecule has 0 spiro atoms. The lowest BCUT2D eigenvalue weighted by Gasteiger charge is -2.19. The quantitative estimate of drug-likeness (QED) is 0.691. The fourth-order valence-electron chi connectivity index (χ4n) is 3.98. The minimum Gasteiger partial charge on any atom is -0.370 e. The number of amides is 1. The molecule has 1 atom stereocenters. The predicted molar refractivity (Wildman–Crippen MR) is 97.5 cm³/mol. The minimum atomic E-state index is -0.0320. The Balaban J connectivity index is 1.37. The first-order valence-electron chi connectivity index (χ1n) is 9.48. The maximum atomic E-state index is 13.0. The zero-order chi connectivity index (χ0) is 18.4. The zero-order valence-electron chi connectivity index (χ0n) is 15.3. The molecular weight excluding hydrogens is 344 g/mol.